The van der Waals surface area contributed by atoms with Crippen molar-refractivity contribution in [3.8, 4) is 0 Å². The standard InChI is InChI=1S/C13H23N3O/c1-2-16-9-11(8-15-16)7-13(10-14)6-4-3-5-12(13)17/h8-9,12,17H,2-7,10,14H2,1H3. The monoisotopic (exact) mass is 237 g/mol. The van der Waals surface area contributed by atoms with Crippen molar-refractivity contribution in [2.24, 2.45) is 11.1 Å². The average Bonchev–Trinajstić information content (AvgIpc) is 2.80. The highest BCUT2D eigenvalue weighted by atomic mass is 16.3. The molecule has 1 aliphatic rings. The van der Waals surface area contributed by atoms with Gasteiger partial charge in [0.05, 0.1) is 12.3 Å². The lowest BCUT2D eigenvalue weighted by Gasteiger charge is -2.40. The zero-order valence-electron chi connectivity index (χ0n) is 10.6. The summed E-state index contributed by atoms with van der Waals surface area (Å²) in [6, 6.07) is 0. The Morgan fingerprint density at radius 2 is 2.41 bits per heavy atom. The molecule has 0 amide bonds. The molecule has 1 aromatic rings. The number of aromatic nitrogens is 2. The van der Waals surface area contributed by atoms with Crippen molar-refractivity contribution < 1.29 is 5.11 Å². The molecule has 0 radical (unpaired) electrons. The Balaban J connectivity index is 2.12. The first-order valence-corrected chi connectivity index (χ1v) is 6.59. The van der Waals surface area contributed by atoms with Gasteiger partial charge >= 0.3 is 0 Å². The van der Waals surface area contributed by atoms with E-state index in [1.54, 1.807) is 0 Å². The number of rotatable bonds is 4. The maximum absolute atomic E-state index is 10.2. The lowest BCUT2D eigenvalue weighted by Crippen LogP contribution is -2.45. The molecule has 0 aromatic carbocycles. The predicted octanol–water partition coefficient (Wildman–Crippen LogP) is 1.33. The van der Waals surface area contributed by atoms with Crippen LogP contribution in [0.15, 0.2) is 12.4 Å². The van der Waals surface area contributed by atoms with Crippen LogP contribution in [0.4, 0.5) is 0 Å². The third kappa shape index (κ3) is 2.53. The molecule has 3 N–H and O–H groups in total. The lowest BCUT2D eigenvalue weighted by molar-refractivity contribution is -0.00586. The van der Waals surface area contributed by atoms with E-state index < -0.39 is 0 Å². The van der Waals surface area contributed by atoms with Gasteiger partial charge in [-0.2, -0.15) is 5.10 Å². The number of nitrogens with zero attached hydrogens (tertiary/aromatic N) is 2. The molecule has 1 aliphatic carbocycles. The van der Waals surface area contributed by atoms with E-state index in [2.05, 4.69) is 18.2 Å². The zero-order valence-corrected chi connectivity index (χ0v) is 10.6. The van der Waals surface area contributed by atoms with E-state index >= 15 is 0 Å². The van der Waals surface area contributed by atoms with Crippen LogP contribution in [0.5, 0.6) is 0 Å². The van der Waals surface area contributed by atoms with Crippen molar-refractivity contribution in [2.75, 3.05) is 6.54 Å². The van der Waals surface area contributed by atoms with Gasteiger partial charge in [0.2, 0.25) is 0 Å². The molecule has 2 rings (SSSR count). The maximum Gasteiger partial charge on any atom is 0.0611 e. The van der Waals surface area contributed by atoms with Crippen molar-refractivity contribution >= 4 is 0 Å². The fourth-order valence-corrected chi connectivity index (χ4v) is 2.88. The predicted molar refractivity (Wildman–Crippen MR) is 67.6 cm³/mol. The van der Waals surface area contributed by atoms with Crippen LogP contribution >= 0.6 is 0 Å². The number of hydrogen-bond donors (Lipinski definition) is 2. The summed E-state index contributed by atoms with van der Waals surface area (Å²) in [5.41, 5.74) is 7.00. The third-order valence-electron chi connectivity index (χ3n) is 4.08. The number of aliphatic hydroxyl groups excluding tert-OH is 1. The second kappa shape index (κ2) is 5.19. The van der Waals surface area contributed by atoms with E-state index in [4.69, 9.17) is 5.73 Å². The zero-order chi connectivity index (χ0) is 12.3. The van der Waals surface area contributed by atoms with Crippen LogP contribution in [0.25, 0.3) is 0 Å². The van der Waals surface area contributed by atoms with Gasteiger partial charge in [-0.3, -0.25) is 4.68 Å². The summed E-state index contributed by atoms with van der Waals surface area (Å²) in [5.74, 6) is 0. The summed E-state index contributed by atoms with van der Waals surface area (Å²) in [6.07, 6.45) is 8.78. The minimum Gasteiger partial charge on any atom is -0.392 e. The lowest BCUT2D eigenvalue weighted by atomic mass is 9.68. The SMILES string of the molecule is CCn1cc(CC2(CN)CCCCC2O)cn1. The Hall–Kier alpha value is -0.870. The third-order valence-corrected chi connectivity index (χ3v) is 4.08. The molecular weight excluding hydrogens is 214 g/mol. The van der Waals surface area contributed by atoms with Crippen molar-refractivity contribution in [1.29, 1.82) is 0 Å². The van der Waals surface area contributed by atoms with E-state index in [1.165, 1.54) is 12.0 Å². The minimum atomic E-state index is -0.258. The summed E-state index contributed by atoms with van der Waals surface area (Å²) in [6.45, 7) is 3.52. The van der Waals surface area contributed by atoms with Crippen molar-refractivity contribution in [2.45, 2.75) is 51.7 Å². The molecule has 1 saturated carbocycles. The highest BCUT2D eigenvalue weighted by molar-refractivity contribution is 5.10. The largest absolute Gasteiger partial charge is 0.392 e. The fourth-order valence-electron chi connectivity index (χ4n) is 2.88. The summed E-state index contributed by atoms with van der Waals surface area (Å²) in [7, 11) is 0. The van der Waals surface area contributed by atoms with Gasteiger partial charge in [0.15, 0.2) is 0 Å². The second-order valence-corrected chi connectivity index (χ2v) is 5.21. The maximum atomic E-state index is 10.2. The van der Waals surface area contributed by atoms with E-state index in [0.29, 0.717) is 6.54 Å². The van der Waals surface area contributed by atoms with Gasteiger partial charge < -0.3 is 10.8 Å². The van der Waals surface area contributed by atoms with Crippen LogP contribution in [0.3, 0.4) is 0 Å². The Morgan fingerprint density at radius 3 is 3.00 bits per heavy atom. The Morgan fingerprint density at radius 1 is 1.59 bits per heavy atom. The molecule has 1 fully saturated rings. The highest BCUT2D eigenvalue weighted by Gasteiger charge is 2.38. The summed E-state index contributed by atoms with van der Waals surface area (Å²) < 4.78 is 1.93. The van der Waals surface area contributed by atoms with E-state index in [9.17, 15) is 5.11 Å². The van der Waals surface area contributed by atoms with Gasteiger partial charge in [-0.15, -0.1) is 0 Å². The first kappa shape index (κ1) is 12.6. The fraction of sp³-hybridized carbons (Fsp3) is 0.769. The van der Waals surface area contributed by atoms with Crippen LogP contribution < -0.4 is 5.73 Å². The van der Waals surface area contributed by atoms with Crippen LogP contribution in [-0.2, 0) is 13.0 Å². The van der Waals surface area contributed by atoms with E-state index in [0.717, 1.165) is 32.2 Å². The molecular formula is C13H23N3O. The normalized spacial score (nSPS) is 29.5. The van der Waals surface area contributed by atoms with Crippen LogP contribution in [0.1, 0.15) is 38.2 Å². The minimum absolute atomic E-state index is 0.125. The molecule has 1 aromatic heterocycles. The quantitative estimate of drug-likeness (QED) is 0.830. The molecule has 2 unspecified atom stereocenters. The molecule has 0 saturated heterocycles. The molecule has 2 atom stereocenters. The Bertz CT molecular complexity index is 363. The van der Waals surface area contributed by atoms with Crippen molar-refractivity contribution in [3.05, 3.63) is 18.0 Å². The molecule has 0 bridgehead atoms. The average molecular weight is 237 g/mol. The van der Waals surface area contributed by atoms with Crippen molar-refractivity contribution in [1.82, 2.24) is 9.78 Å². The first-order chi connectivity index (χ1) is 8.20. The Labute approximate surface area is 103 Å². The molecule has 4 nitrogen and oxygen atoms in total. The van der Waals surface area contributed by atoms with Gasteiger partial charge in [-0.05, 0) is 31.7 Å². The number of aryl methyl sites for hydroxylation is 1. The van der Waals surface area contributed by atoms with E-state index in [1.807, 2.05) is 10.9 Å². The molecule has 17 heavy (non-hydrogen) atoms. The van der Waals surface area contributed by atoms with E-state index in [-0.39, 0.29) is 11.5 Å². The topological polar surface area (TPSA) is 64.1 Å². The molecule has 1 heterocycles. The highest BCUT2D eigenvalue weighted by Crippen LogP contribution is 2.38. The van der Waals surface area contributed by atoms with Crippen LogP contribution in [0, 0.1) is 5.41 Å². The molecule has 0 spiro atoms. The summed E-state index contributed by atoms with van der Waals surface area (Å²) >= 11 is 0. The molecule has 96 valence electrons. The van der Waals surface area contributed by atoms with Gasteiger partial charge in [0.25, 0.3) is 0 Å². The Kier molecular flexibility index (Phi) is 3.84. The molecule has 4 heteroatoms. The van der Waals surface area contributed by atoms with Crippen LogP contribution in [-0.4, -0.2) is 27.5 Å². The summed E-state index contributed by atoms with van der Waals surface area (Å²) in [5, 5.41) is 14.5. The first-order valence-electron chi connectivity index (χ1n) is 6.59. The van der Waals surface area contributed by atoms with Crippen molar-refractivity contribution in [3.63, 3.8) is 0 Å². The smallest absolute Gasteiger partial charge is 0.0611 e. The number of nitrogens with two attached hydrogens (primary N) is 1. The van der Waals surface area contributed by atoms with Gasteiger partial charge in [-0.1, -0.05) is 12.8 Å². The number of aliphatic hydroxyl groups is 1. The second-order valence-electron chi connectivity index (χ2n) is 5.21. The van der Waals surface area contributed by atoms with Gasteiger partial charge in [0, 0.05) is 24.7 Å². The summed E-state index contributed by atoms with van der Waals surface area (Å²) in [4.78, 5) is 0. The molecule has 0 aliphatic heterocycles. The van der Waals surface area contributed by atoms with Gasteiger partial charge in [0.1, 0.15) is 0 Å². The van der Waals surface area contributed by atoms with Gasteiger partial charge in [-0.25, -0.2) is 0 Å². The number of hydrogen-bond acceptors (Lipinski definition) is 3. The van der Waals surface area contributed by atoms with Crippen LogP contribution in [0.2, 0.25) is 0 Å².